The first-order chi connectivity index (χ1) is 17.9. The molecule has 1 aliphatic carbocycles. The predicted octanol–water partition coefficient (Wildman–Crippen LogP) is 8.78. The standard InChI is InChI=1S/C30H37ClN2O4/c1-2-3-4-5-6-7-8-9-10-11-12-13-16-22-19-20-23(21-26(22)33(36)37)32-28-27(31)29(34)24-17-14-15-18-25(24)30(28)35/h14-15,17-21,32H,2-13,16H2,1H3. The highest BCUT2D eigenvalue weighted by Crippen LogP contribution is 2.31. The van der Waals surface area contributed by atoms with Gasteiger partial charge in [0.15, 0.2) is 0 Å². The number of carbonyl (C=O) groups excluding carboxylic acids is 2. The largest absolute Gasteiger partial charge is 0.351 e. The molecular weight excluding hydrogens is 488 g/mol. The Morgan fingerprint density at radius 2 is 1.32 bits per heavy atom. The first-order valence-electron chi connectivity index (χ1n) is 13.6. The molecule has 0 unspecified atom stereocenters. The Morgan fingerprint density at radius 1 is 0.784 bits per heavy atom. The number of rotatable bonds is 16. The van der Waals surface area contributed by atoms with Crippen LogP contribution in [0.3, 0.4) is 0 Å². The van der Waals surface area contributed by atoms with Gasteiger partial charge >= 0.3 is 0 Å². The quantitative estimate of drug-likeness (QED) is 0.135. The maximum Gasteiger partial charge on any atom is 0.274 e. The van der Waals surface area contributed by atoms with Crippen LogP contribution >= 0.6 is 11.6 Å². The van der Waals surface area contributed by atoms with Crippen LogP contribution in [0.1, 0.15) is 110 Å². The second kappa shape index (κ2) is 14.7. The van der Waals surface area contributed by atoms with Gasteiger partial charge in [0.2, 0.25) is 11.6 Å². The van der Waals surface area contributed by atoms with E-state index >= 15 is 0 Å². The number of ketones is 2. The van der Waals surface area contributed by atoms with E-state index in [0.717, 1.165) is 19.3 Å². The first-order valence-corrected chi connectivity index (χ1v) is 13.9. The second-order valence-corrected chi connectivity index (χ2v) is 10.1. The zero-order chi connectivity index (χ0) is 26.6. The number of benzene rings is 2. The summed E-state index contributed by atoms with van der Waals surface area (Å²) >= 11 is 6.22. The van der Waals surface area contributed by atoms with Crippen LogP contribution < -0.4 is 5.32 Å². The Kier molecular flexibility index (Phi) is 11.3. The summed E-state index contributed by atoms with van der Waals surface area (Å²) in [6.07, 6.45) is 15.5. The van der Waals surface area contributed by atoms with E-state index in [1.165, 1.54) is 63.9 Å². The number of hydrogen-bond acceptors (Lipinski definition) is 5. The Morgan fingerprint density at radius 3 is 1.89 bits per heavy atom. The van der Waals surface area contributed by atoms with Crippen LogP contribution in [0.15, 0.2) is 53.2 Å². The number of unbranched alkanes of at least 4 members (excludes halogenated alkanes) is 11. The molecule has 3 rings (SSSR count). The summed E-state index contributed by atoms with van der Waals surface area (Å²) in [5.74, 6) is -0.860. The fourth-order valence-corrected chi connectivity index (χ4v) is 5.02. The molecule has 2 aromatic carbocycles. The monoisotopic (exact) mass is 524 g/mol. The minimum absolute atomic E-state index is 0.000203. The zero-order valence-corrected chi connectivity index (χ0v) is 22.4. The number of Topliss-reactive ketones (excluding diaryl/α,β-unsaturated/α-hetero) is 2. The first kappa shape index (κ1) is 28.6. The van der Waals surface area contributed by atoms with Gasteiger partial charge in [-0.05, 0) is 18.9 Å². The molecular formula is C30H37ClN2O4. The van der Waals surface area contributed by atoms with Gasteiger partial charge in [0.25, 0.3) is 5.69 Å². The van der Waals surface area contributed by atoms with E-state index in [-0.39, 0.29) is 27.5 Å². The molecule has 198 valence electrons. The Hall–Kier alpha value is -2.99. The van der Waals surface area contributed by atoms with Gasteiger partial charge in [-0.25, -0.2) is 0 Å². The highest BCUT2D eigenvalue weighted by molar-refractivity contribution is 6.50. The van der Waals surface area contributed by atoms with Crippen molar-refractivity contribution in [3.63, 3.8) is 0 Å². The Bertz CT molecular complexity index is 1140. The molecule has 0 saturated carbocycles. The van der Waals surface area contributed by atoms with Crippen molar-refractivity contribution in [1.29, 1.82) is 0 Å². The molecule has 1 aliphatic rings. The molecule has 2 aromatic rings. The van der Waals surface area contributed by atoms with Crippen LogP contribution in [-0.4, -0.2) is 16.5 Å². The van der Waals surface area contributed by atoms with Gasteiger partial charge in [0.05, 0.1) is 4.92 Å². The molecule has 0 aromatic heterocycles. The summed E-state index contributed by atoms with van der Waals surface area (Å²) in [4.78, 5) is 36.9. The number of aryl methyl sites for hydroxylation is 1. The van der Waals surface area contributed by atoms with E-state index in [1.807, 2.05) is 0 Å². The molecule has 0 fully saturated rings. The van der Waals surface area contributed by atoms with Crippen LogP contribution in [0.5, 0.6) is 0 Å². The number of nitrogens with one attached hydrogen (secondary N) is 1. The van der Waals surface area contributed by atoms with E-state index in [9.17, 15) is 19.7 Å². The fraction of sp³-hybridized carbons (Fsp3) is 0.467. The molecule has 0 amide bonds. The zero-order valence-electron chi connectivity index (χ0n) is 21.7. The number of nitro benzene ring substituents is 1. The van der Waals surface area contributed by atoms with Crippen LogP contribution in [0, 0.1) is 10.1 Å². The molecule has 6 nitrogen and oxygen atoms in total. The lowest BCUT2D eigenvalue weighted by Crippen LogP contribution is -2.24. The Labute approximate surface area is 224 Å². The molecule has 7 heteroatoms. The second-order valence-electron chi connectivity index (χ2n) is 9.76. The topological polar surface area (TPSA) is 89.3 Å². The predicted molar refractivity (Wildman–Crippen MR) is 149 cm³/mol. The number of allylic oxidation sites excluding steroid dienone is 2. The Balaban J connectivity index is 1.50. The molecule has 0 radical (unpaired) electrons. The lowest BCUT2D eigenvalue weighted by molar-refractivity contribution is -0.385. The van der Waals surface area contributed by atoms with Crippen LogP contribution in [0.2, 0.25) is 0 Å². The molecule has 37 heavy (non-hydrogen) atoms. The average Bonchev–Trinajstić information content (AvgIpc) is 2.90. The minimum Gasteiger partial charge on any atom is -0.351 e. The molecule has 0 saturated heterocycles. The van der Waals surface area contributed by atoms with Crippen molar-refractivity contribution < 1.29 is 14.5 Å². The van der Waals surface area contributed by atoms with E-state index in [0.29, 0.717) is 17.7 Å². The molecule has 0 bridgehead atoms. The third-order valence-electron chi connectivity index (χ3n) is 6.91. The van der Waals surface area contributed by atoms with Crippen molar-refractivity contribution in [3.05, 3.63) is 80.0 Å². The van der Waals surface area contributed by atoms with Gasteiger partial charge in [0.1, 0.15) is 10.7 Å². The third kappa shape index (κ3) is 8.00. The highest BCUT2D eigenvalue weighted by atomic mass is 35.5. The minimum atomic E-state index is -0.447. The van der Waals surface area contributed by atoms with Crippen molar-refractivity contribution in [3.8, 4) is 0 Å². The molecule has 0 atom stereocenters. The number of hydrogen-bond donors (Lipinski definition) is 1. The summed E-state index contributed by atoms with van der Waals surface area (Å²) < 4.78 is 0. The number of carbonyl (C=O) groups is 2. The normalized spacial score (nSPS) is 13.1. The van der Waals surface area contributed by atoms with Crippen molar-refractivity contribution in [2.45, 2.75) is 90.4 Å². The van der Waals surface area contributed by atoms with E-state index in [1.54, 1.807) is 36.4 Å². The van der Waals surface area contributed by atoms with Crippen LogP contribution in [-0.2, 0) is 6.42 Å². The van der Waals surface area contributed by atoms with Crippen molar-refractivity contribution >= 4 is 34.5 Å². The van der Waals surface area contributed by atoms with Gasteiger partial charge < -0.3 is 5.32 Å². The summed E-state index contributed by atoms with van der Waals surface area (Å²) in [7, 11) is 0. The molecule has 0 spiro atoms. The van der Waals surface area contributed by atoms with E-state index in [4.69, 9.17) is 11.6 Å². The summed E-state index contributed by atoms with van der Waals surface area (Å²) in [6.45, 7) is 2.24. The van der Waals surface area contributed by atoms with Gasteiger partial charge in [-0.3, -0.25) is 19.7 Å². The van der Waals surface area contributed by atoms with E-state index in [2.05, 4.69) is 12.2 Å². The van der Waals surface area contributed by atoms with Crippen molar-refractivity contribution in [2.75, 3.05) is 5.32 Å². The number of nitrogens with zero attached hydrogens (tertiary/aromatic N) is 1. The average molecular weight is 525 g/mol. The van der Waals surface area contributed by atoms with Gasteiger partial charge in [-0.2, -0.15) is 0 Å². The summed E-state index contributed by atoms with van der Waals surface area (Å²) in [6, 6.07) is 11.3. The summed E-state index contributed by atoms with van der Waals surface area (Å²) in [5, 5.41) is 14.4. The number of nitro groups is 1. The lowest BCUT2D eigenvalue weighted by atomic mass is 9.92. The van der Waals surface area contributed by atoms with Crippen molar-refractivity contribution in [1.82, 2.24) is 0 Å². The van der Waals surface area contributed by atoms with Gasteiger partial charge in [-0.15, -0.1) is 0 Å². The fourth-order valence-electron chi connectivity index (χ4n) is 4.78. The highest BCUT2D eigenvalue weighted by Gasteiger charge is 2.31. The number of fused-ring (bicyclic) bond motifs is 1. The molecule has 1 N–H and O–H groups in total. The maximum atomic E-state index is 12.9. The van der Waals surface area contributed by atoms with Crippen LogP contribution in [0.4, 0.5) is 11.4 Å². The van der Waals surface area contributed by atoms with E-state index < -0.39 is 16.5 Å². The number of halogens is 1. The molecule has 0 heterocycles. The van der Waals surface area contributed by atoms with Gasteiger partial charge in [-0.1, -0.05) is 119 Å². The van der Waals surface area contributed by atoms with Crippen molar-refractivity contribution in [2.24, 2.45) is 0 Å². The third-order valence-corrected chi connectivity index (χ3v) is 7.27. The maximum absolute atomic E-state index is 12.9. The number of anilines is 1. The van der Waals surface area contributed by atoms with Gasteiger partial charge in [0, 0.05) is 28.4 Å². The molecule has 0 aliphatic heterocycles. The smallest absolute Gasteiger partial charge is 0.274 e. The van der Waals surface area contributed by atoms with Crippen LogP contribution in [0.25, 0.3) is 0 Å². The lowest BCUT2D eigenvalue weighted by Gasteiger charge is -2.19. The SMILES string of the molecule is CCCCCCCCCCCCCCc1ccc(NC2=C(Cl)C(=O)c3ccccc3C2=O)cc1[N+](=O)[O-]. The summed E-state index contributed by atoms with van der Waals surface area (Å²) in [5.41, 5.74) is 1.47.